The Kier molecular flexibility index (Phi) is 14.3. The predicted molar refractivity (Wildman–Crippen MR) is 147 cm³/mol. The highest BCUT2D eigenvalue weighted by molar-refractivity contribution is 5.07. The van der Waals surface area contributed by atoms with E-state index in [9.17, 15) is 51.1 Å². The Morgan fingerprint density at radius 3 is 2.12 bits per heavy atom. The SMILES string of the molecule is NCCC(O)CNC[C@H]1O[C@H](C2[C@@H](N)C[C@@H](NC(CO)CO)[C@H](O[C@H]3O[C@H](CO)[C@@H](O)[C@H](N)[C@H]3O)[C@H]2O)[C@H](O)[C@@H](O)[C@@H]1O. The van der Waals surface area contributed by atoms with Crippen LogP contribution in [0.3, 0.4) is 0 Å². The average molecular weight is 630 g/mol. The fraction of sp³-hybridized carbons (Fsp3) is 1.00. The van der Waals surface area contributed by atoms with Gasteiger partial charge in [-0.15, -0.1) is 0 Å². The van der Waals surface area contributed by atoms with Gasteiger partial charge in [0.15, 0.2) is 6.29 Å². The first kappa shape index (κ1) is 36.7. The summed E-state index contributed by atoms with van der Waals surface area (Å²) in [6.07, 6.45) is -16.4. The van der Waals surface area contributed by atoms with Crippen molar-refractivity contribution in [3.63, 3.8) is 0 Å². The number of ether oxygens (including phenoxy) is 3. The molecule has 3 rings (SSSR count). The van der Waals surface area contributed by atoms with Crippen LogP contribution in [0.2, 0.25) is 0 Å². The van der Waals surface area contributed by atoms with Gasteiger partial charge < -0.3 is 93.1 Å². The van der Waals surface area contributed by atoms with Gasteiger partial charge in [-0.05, 0) is 19.4 Å². The Morgan fingerprint density at radius 2 is 1.51 bits per heavy atom. The quantitative estimate of drug-likeness (QED) is 0.0847. The lowest BCUT2D eigenvalue weighted by Gasteiger charge is -2.52. The normalized spacial score (nSPS) is 44.9. The maximum Gasteiger partial charge on any atom is 0.186 e. The monoisotopic (exact) mass is 629 g/mol. The maximum absolute atomic E-state index is 11.7. The second-order valence-corrected chi connectivity index (χ2v) is 11.7. The van der Waals surface area contributed by atoms with Crippen molar-refractivity contribution >= 4 is 0 Å². The molecule has 0 aromatic heterocycles. The smallest absolute Gasteiger partial charge is 0.186 e. The van der Waals surface area contributed by atoms with Gasteiger partial charge in [-0.1, -0.05) is 0 Å². The maximum atomic E-state index is 11.7. The summed E-state index contributed by atoms with van der Waals surface area (Å²) >= 11 is 0. The van der Waals surface area contributed by atoms with Crippen molar-refractivity contribution in [2.45, 2.75) is 110 Å². The largest absolute Gasteiger partial charge is 0.395 e. The summed E-state index contributed by atoms with van der Waals surface area (Å²) in [5.41, 5.74) is 17.8. The molecule has 3 fully saturated rings. The second-order valence-electron chi connectivity index (χ2n) is 11.7. The molecule has 1 saturated carbocycles. The van der Waals surface area contributed by atoms with Gasteiger partial charge in [0, 0.05) is 31.1 Å². The Bertz CT molecular complexity index is 820. The van der Waals surface area contributed by atoms with Crippen molar-refractivity contribution in [3.05, 3.63) is 0 Å². The molecule has 0 amide bonds. The number of aliphatic hydroxyl groups is 10. The average Bonchev–Trinajstić information content (AvgIpc) is 2.98. The number of hydrogen-bond acceptors (Lipinski definition) is 18. The fourth-order valence-corrected chi connectivity index (χ4v) is 6.07. The van der Waals surface area contributed by atoms with Crippen LogP contribution >= 0.6 is 0 Å². The fourth-order valence-electron chi connectivity index (χ4n) is 6.07. The summed E-state index contributed by atoms with van der Waals surface area (Å²) in [5, 5.41) is 109. The summed E-state index contributed by atoms with van der Waals surface area (Å²) in [6, 6.07) is -3.91. The van der Waals surface area contributed by atoms with Crippen LogP contribution in [-0.4, -0.2) is 188 Å². The number of rotatable bonds is 14. The minimum atomic E-state index is -1.69. The molecule has 254 valence electrons. The third-order valence-electron chi connectivity index (χ3n) is 8.62. The molecular formula is C25H51N5O13. The van der Waals surface area contributed by atoms with Crippen molar-refractivity contribution in [1.29, 1.82) is 0 Å². The Hall–Kier alpha value is -0.720. The van der Waals surface area contributed by atoms with Gasteiger partial charge in [0.25, 0.3) is 0 Å². The molecule has 16 atom stereocenters. The number of aliphatic hydroxyl groups excluding tert-OH is 10. The molecule has 43 heavy (non-hydrogen) atoms. The van der Waals surface area contributed by atoms with Crippen molar-refractivity contribution < 1.29 is 65.3 Å². The highest BCUT2D eigenvalue weighted by atomic mass is 16.7. The molecule has 0 spiro atoms. The van der Waals surface area contributed by atoms with Gasteiger partial charge in [-0.3, -0.25) is 0 Å². The standard InChI is InChI=1S/C25H51N5O13/c26-2-1-10(34)4-29-5-13-18(36)21(39)22(40)24(41-13)15-11(27)3-12(30-9(6-31)7-32)23(19(15)37)43-25-20(38)16(28)17(35)14(8-33)42-25/h9-25,29-40H,1-8,26-28H2/t10?,11-,12+,13+,14+,15?,16-,17+,18+,19-,20+,21-,22+,23-,24+,25+/m0/s1. The van der Waals surface area contributed by atoms with E-state index in [1.807, 2.05) is 0 Å². The van der Waals surface area contributed by atoms with E-state index in [-0.39, 0.29) is 26.1 Å². The van der Waals surface area contributed by atoms with Crippen LogP contribution in [-0.2, 0) is 14.2 Å². The third kappa shape index (κ3) is 8.56. The van der Waals surface area contributed by atoms with E-state index in [4.69, 9.17) is 31.4 Å². The molecule has 0 aromatic carbocycles. The number of nitrogens with two attached hydrogens (primary N) is 3. The van der Waals surface area contributed by atoms with E-state index in [1.54, 1.807) is 0 Å². The number of nitrogens with one attached hydrogen (secondary N) is 2. The summed E-state index contributed by atoms with van der Waals surface area (Å²) in [6.45, 7) is -1.27. The molecule has 1 aliphatic carbocycles. The van der Waals surface area contributed by atoms with Gasteiger partial charge in [0.1, 0.15) is 42.7 Å². The zero-order chi connectivity index (χ0) is 32.0. The highest BCUT2D eigenvalue weighted by Gasteiger charge is 2.55. The minimum absolute atomic E-state index is 0.0171. The first-order valence-corrected chi connectivity index (χ1v) is 14.6. The zero-order valence-corrected chi connectivity index (χ0v) is 23.9. The first-order chi connectivity index (χ1) is 20.4. The summed E-state index contributed by atoms with van der Waals surface area (Å²) < 4.78 is 17.5. The molecule has 0 radical (unpaired) electrons. The van der Waals surface area contributed by atoms with Crippen molar-refractivity contribution in [2.75, 3.05) is 39.5 Å². The molecule has 18 N–H and O–H groups in total. The van der Waals surface area contributed by atoms with Crippen molar-refractivity contribution in [3.8, 4) is 0 Å². The van der Waals surface area contributed by atoms with Gasteiger partial charge in [-0.25, -0.2) is 0 Å². The zero-order valence-electron chi connectivity index (χ0n) is 23.9. The lowest BCUT2D eigenvalue weighted by atomic mass is 9.72. The predicted octanol–water partition coefficient (Wildman–Crippen LogP) is -8.69. The van der Waals surface area contributed by atoms with Gasteiger partial charge in [0.05, 0.1) is 56.3 Å². The molecular weight excluding hydrogens is 578 g/mol. The van der Waals surface area contributed by atoms with Crippen LogP contribution in [0.25, 0.3) is 0 Å². The molecule has 2 unspecified atom stereocenters. The Labute approximate surface area is 249 Å². The van der Waals surface area contributed by atoms with Crippen LogP contribution in [0.5, 0.6) is 0 Å². The van der Waals surface area contributed by atoms with Gasteiger partial charge >= 0.3 is 0 Å². The molecule has 18 nitrogen and oxygen atoms in total. The summed E-state index contributed by atoms with van der Waals surface area (Å²) in [4.78, 5) is 0. The summed E-state index contributed by atoms with van der Waals surface area (Å²) in [5.74, 6) is -1.12. The molecule has 18 heteroatoms. The van der Waals surface area contributed by atoms with Gasteiger partial charge in [-0.2, -0.15) is 0 Å². The van der Waals surface area contributed by atoms with Crippen LogP contribution in [0.15, 0.2) is 0 Å². The van der Waals surface area contributed by atoms with Crippen molar-refractivity contribution in [2.24, 2.45) is 23.1 Å². The van der Waals surface area contributed by atoms with Crippen LogP contribution in [0.4, 0.5) is 0 Å². The molecule has 2 heterocycles. The van der Waals surface area contributed by atoms with E-state index >= 15 is 0 Å². The molecule has 0 aromatic rings. The highest BCUT2D eigenvalue weighted by Crippen LogP contribution is 2.37. The van der Waals surface area contributed by atoms with E-state index in [2.05, 4.69) is 10.6 Å². The molecule has 2 saturated heterocycles. The van der Waals surface area contributed by atoms with E-state index in [0.717, 1.165) is 0 Å². The van der Waals surface area contributed by atoms with Crippen LogP contribution in [0.1, 0.15) is 12.8 Å². The third-order valence-corrected chi connectivity index (χ3v) is 8.62. The topological polar surface area (TPSA) is 332 Å². The Morgan fingerprint density at radius 1 is 0.837 bits per heavy atom. The molecule has 3 aliphatic rings. The molecule has 2 aliphatic heterocycles. The molecule has 0 bridgehead atoms. The van der Waals surface area contributed by atoms with E-state index in [0.29, 0.717) is 6.42 Å². The Balaban J connectivity index is 1.85. The van der Waals surface area contributed by atoms with E-state index < -0.39 is 123 Å². The first-order valence-electron chi connectivity index (χ1n) is 14.6. The minimum Gasteiger partial charge on any atom is -0.395 e. The van der Waals surface area contributed by atoms with Crippen LogP contribution < -0.4 is 27.8 Å². The number of hydrogen-bond donors (Lipinski definition) is 15. The lowest BCUT2D eigenvalue weighted by Crippen LogP contribution is -2.71. The summed E-state index contributed by atoms with van der Waals surface area (Å²) in [7, 11) is 0. The van der Waals surface area contributed by atoms with Gasteiger partial charge in [0.2, 0.25) is 0 Å². The van der Waals surface area contributed by atoms with Crippen molar-refractivity contribution in [1.82, 2.24) is 10.6 Å². The lowest BCUT2D eigenvalue weighted by molar-refractivity contribution is -0.310. The van der Waals surface area contributed by atoms with E-state index in [1.165, 1.54) is 0 Å². The van der Waals surface area contributed by atoms with Crippen LogP contribution in [0, 0.1) is 5.92 Å². The second kappa shape index (κ2) is 16.7.